The van der Waals surface area contributed by atoms with E-state index in [0.29, 0.717) is 12.0 Å². The first kappa shape index (κ1) is 15.0. The molecule has 2 heteroatoms. The van der Waals surface area contributed by atoms with Gasteiger partial charge in [-0.25, -0.2) is 0 Å². The first-order chi connectivity index (χ1) is 9.52. The van der Waals surface area contributed by atoms with Crippen LogP contribution in [0, 0.1) is 6.92 Å². The van der Waals surface area contributed by atoms with E-state index in [-0.39, 0.29) is 0 Å². The topological polar surface area (TPSA) is 24.9 Å². The lowest BCUT2D eigenvalue weighted by molar-refractivity contribution is 0.535. The van der Waals surface area contributed by atoms with E-state index in [1.54, 1.807) is 0 Å². The van der Waals surface area contributed by atoms with Crippen molar-refractivity contribution in [2.24, 2.45) is 0 Å². The standard InChI is InChI=1S/C18H26N2/c1-6-14(5)19-11-15-10-17(12(2)3)20-18-13(4)8-7-9-16(15)18/h7-10,12,14,19H,6,11H2,1-5H3. The molecule has 0 aliphatic heterocycles. The van der Waals surface area contributed by atoms with Gasteiger partial charge in [-0.3, -0.25) is 4.98 Å². The fourth-order valence-corrected chi connectivity index (χ4v) is 2.35. The Labute approximate surface area is 122 Å². The Morgan fingerprint density at radius 1 is 1.20 bits per heavy atom. The molecule has 108 valence electrons. The zero-order valence-electron chi connectivity index (χ0n) is 13.3. The number of benzene rings is 1. The first-order valence-corrected chi connectivity index (χ1v) is 7.65. The van der Waals surface area contributed by atoms with E-state index >= 15 is 0 Å². The highest BCUT2D eigenvalue weighted by Crippen LogP contribution is 2.24. The summed E-state index contributed by atoms with van der Waals surface area (Å²) in [6.45, 7) is 11.9. The van der Waals surface area contributed by atoms with Crippen LogP contribution in [0.4, 0.5) is 0 Å². The maximum Gasteiger partial charge on any atom is 0.0737 e. The van der Waals surface area contributed by atoms with Gasteiger partial charge < -0.3 is 5.32 Å². The summed E-state index contributed by atoms with van der Waals surface area (Å²) in [5, 5.41) is 4.88. The molecule has 1 atom stereocenters. The number of aryl methyl sites for hydroxylation is 1. The van der Waals surface area contributed by atoms with Crippen LogP contribution in [0.25, 0.3) is 10.9 Å². The predicted molar refractivity (Wildman–Crippen MR) is 87.2 cm³/mol. The van der Waals surface area contributed by atoms with Crippen molar-refractivity contribution in [3.63, 3.8) is 0 Å². The molecular weight excluding hydrogens is 244 g/mol. The Kier molecular flexibility index (Phi) is 4.77. The molecule has 0 amide bonds. The molecule has 1 aromatic carbocycles. The van der Waals surface area contributed by atoms with Crippen LogP contribution in [0.3, 0.4) is 0 Å². The Morgan fingerprint density at radius 3 is 2.60 bits per heavy atom. The van der Waals surface area contributed by atoms with Crippen LogP contribution in [0.1, 0.15) is 56.9 Å². The number of nitrogens with zero attached hydrogens (tertiary/aromatic N) is 1. The summed E-state index contributed by atoms with van der Waals surface area (Å²) in [5.74, 6) is 0.460. The van der Waals surface area contributed by atoms with Gasteiger partial charge in [0.1, 0.15) is 0 Å². The van der Waals surface area contributed by atoms with Crippen molar-refractivity contribution in [2.45, 2.75) is 59.5 Å². The zero-order chi connectivity index (χ0) is 14.7. The highest BCUT2D eigenvalue weighted by Gasteiger charge is 2.10. The predicted octanol–water partition coefficient (Wildman–Crippen LogP) is 4.55. The number of pyridine rings is 1. The van der Waals surface area contributed by atoms with Gasteiger partial charge in [-0.1, -0.05) is 39.0 Å². The number of hydrogen-bond acceptors (Lipinski definition) is 2. The van der Waals surface area contributed by atoms with E-state index in [9.17, 15) is 0 Å². The van der Waals surface area contributed by atoms with Gasteiger partial charge in [0, 0.05) is 23.7 Å². The molecule has 0 aliphatic carbocycles. The van der Waals surface area contributed by atoms with Crippen molar-refractivity contribution in [2.75, 3.05) is 0 Å². The quantitative estimate of drug-likeness (QED) is 0.862. The van der Waals surface area contributed by atoms with Crippen LogP contribution >= 0.6 is 0 Å². The Balaban J connectivity index is 2.47. The second-order valence-electron chi connectivity index (χ2n) is 6.02. The molecule has 0 radical (unpaired) electrons. The van der Waals surface area contributed by atoms with Crippen LogP contribution in [-0.4, -0.2) is 11.0 Å². The molecular formula is C18H26N2. The molecule has 0 saturated carbocycles. The third-order valence-electron chi connectivity index (χ3n) is 3.99. The molecule has 1 heterocycles. The minimum absolute atomic E-state index is 0.460. The third-order valence-corrected chi connectivity index (χ3v) is 3.99. The molecule has 0 bridgehead atoms. The third kappa shape index (κ3) is 3.18. The lowest BCUT2D eigenvalue weighted by Crippen LogP contribution is -2.24. The first-order valence-electron chi connectivity index (χ1n) is 7.65. The number of fused-ring (bicyclic) bond motifs is 1. The summed E-state index contributed by atoms with van der Waals surface area (Å²) >= 11 is 0. The van der Waals surface area contributed by atoms with Crippen molar-refractivity contribution >= 4 is 10.9 Å². The molecule has 0 saturated heterocycles. The molecule has 20 heavy (non-hydrogen) atoms. The van der Waals surface area contributed by atoms with E-state index in [0.717, 1.165) is 18.5 Å². The Hall–Kier alpha value is -1.41. The number of rotatable bonds is 5. The molecule has 2 aromatic rings. The van der Waals surface area contributed by atoms with E-state index in [1.807, 2.05) is 0 Å². The Bertz CT molecular complexity index is 587. The lowest BCUT2D eigenvalue weighted by atomic mass is 10.0. The molecule has 1 N–H and O–H groups in total. The molecule has 0 fully saturated rings. The summed E-state index contributed by atoms with van der Waals surface area (Å²) in [7, 11) is 0. The van der Waals surface area contributed by atoms with E-state index < -0.39 is 0 Å². The summed E-state index contributed by atoms with van der Waals surface area (Å²) in [6.07, 6.45) is 1.15. The zero-order valence-corrected chi connectivity index (χ0v) is 13.3. The van der Waals surface area contributed by atoms with Gasteiger partial charge in [0.15, 0.2) is 0 Å². The maximum atomic E-state index is 4.85. The molecule has 1 aromatic heterocycles. The number of aromatic nitrogens is 1. The van der Waals surface area contributed by atoms with Gasteiger partial charge in [0.2, 0.25) is 0 Å². The average Bonchev–Trinajstić information content (AvgIpc) is 2.44. The van der Waals surface area contributed by atoms with Crippen molar-refractivity contribution < 1.29 is 0 Å². The molecule has 0 aliphatic rings. The second kappa shape index (κ2) is 6.36. The van der Waals surface area contributed by atoms with Gasteiger partial charge in [0.25, 0.3) is 0 Å². The van der Waals surface area contributed by atoms with Crippen LogP contribution in [0.15, 0.2) is 24.3 Å². The number of para-hydroxylation sites is 1. The van der Waals surface area contributed by atoms with Crippen LogP contribution < -0.4 is 5.32 Å². The minimum atomic E-state index is 0.460. The van der Waals surface area contributed by atoms with Gasteiger partial charge in [-0.15, -0.1) is 0 Å². The summed E-state index contributed by atoms with van der Waals surface area (Å²) < 4.78 is 0. The van der Waals surface area contributed by atoms with Crippen LogP contribution in [0.5, 0.6) is 0 Å². The van der Waals surface area contributed by atoms with Crippen molar-refractivity contribution in [1.29, 1.82) is 0 Å². The summed E-state index contributed by atoms with van der Waals surface area (Å²) in [4.78, 5) is 4.85. The van der Waals surface area contributed by atoms with Crippen molar-refractivity contribution in [1.82, 2.24) is 10.3 Å². The highest BCUT2D eigenvalue weighted by atomic mass is 14.9. The minimum Gasteiger partial charge on any atom is -0.310 e. The van der Waals surface area contributed by atoms with Crippen molar-refractivity contribution in [3.8, 4) is 0 Å². The monoisotopic (exact) mass is 270 g/mol. The maximum absolute atomic E-state index is 4.85. The van der Waals surface area contributed by atoms with Gasteiger partial charge >= 0.3 is 0 Å². The van der Waals surface area contributed by atoms with E-state index in [4.69, 9.17) is 4.98 Å². The summed E-state index contributed by atoms with van der Waals surface area (Å²) in [5.41, 5.74) is 4.96. The summed E-state index contributed by atoms with van der Waals surface area (Å²) in [6, 6.07) is 9.27. The van der Waals surface area contributed by atoms with Gasteiger partial charge in [0.05, 0.1) is 5.52 Å². The number of hydrogen-bond donors (Lipinski definition) is 1. The van der Waals surface area contributed by atoms with Crippen LogP contribution in [0.2, 0.25) is 0 Å². The SMILES string of the molecule is CCC(C)NCc1cc(C(C)C)nc2c(C)cccc12. The fraction of sp³-hybridized carbons (Fsp3) is 0.500. The highest BCUT2D eigenvalue weighted by molar-refractivity contribution is 5.85. The second-order valence-corrected chi connectivity index (χ2v) is 6.02. The van der Waals surface area contributed by atoms with E-state index in [1.165, 1.54) is 22.2 Å². The Morgan fingerprint density at radius 2 is 1.95 bits per heavy atom. The largest absolute Gasteiger partial charge is 0.310 e. The fourth-order valence-electron chi connectivity index (χ4n) is 2.35. The number of nitrogens with one attached hydrogen (secondary N) is 1. The van der Waals surface area contributed by atoms with Gasteiger partial charge in [-0.2, -0.15) is 0 Å². The molecule has 2 nitrogen and oxygen atoms in total. The van der Waals surface area contributed by atoms with E-state index in [2.05, 4.69) is 64.2 Å². The average molecular weight is 270 g/mol. The molecule has 2 rings (SSSR count). The molecule has 0 spiro atoms. The van der Waals surface area contributed by atoms with Crippen LogP contribution in [-0.2, 0) is 6.54 Å². The van der Waals surface area contributed by atoms with Gasteiger partial charge in [-0.05, 0) is 43.4 Å². The normalized spacial score (nSPS) is 13.1. The molecule has 1 unspecified atom stereocenters. The van der Waals surface area contributed by atoms with Crippen molar-refractivity contribution in [3.05, 3.63) is 41.1 Å². The smallest absolute Gasteiger partial charge is 0.0737 e. The lowest BCUT2D eigenvalue weighted by Gasteiger charge is -2.16.